The lowest BCUT2D eigenvalue weighted by Crippen LogP contribution is -2.32. The van der Waals surface area contributed by atoms with Crippen molar-refractivity contribution in [3.05, 3.63) is 18.0 Å². The summed E-state index contributed by atoms with van der Waals surface area (Å²) in [5, 5.41) is 8.05. The first-order valence-corrected chi connectivity index (χ1v) is 8.18. The molecule has 1 saturated heterocycles. The molecule has 0 radical (unpaired) electrons. The first-order valence-electron chi connectivity index (χ1n) is 8.18. The van der Waals surface area contributed by atoms with Crippen LogP contribution in [0, 0.1) is 0 Å². The Balaban J connectivity index is 1.81. The van der Waals surface area contributed by atoms with Gasteiger partial charge in [0, 0.05) is 25.4 Å². The van der Waals surface area contributed by atoms with E-state index in [0.717, 1.165) is 26.1 Å². The van der Waals surface area contributed by atoms with E-state index in [1.54, 1.807) is 0 Å². The maximum Gasteiger partial charge on any atom is 0.0576 e. The molecule has 2 heterocycles. The average Bonchev–Trinajstić information content (AvgIpc) is 3.13. The van der Waals surface area contributed by atoms with Gasteiger partial charge in [-0.15, -0.1) is 0 Å². The molecule has 1 aromatic rings. The smallest absolute Gasteiger partial charge is 0.0576 e. The summed E-state index contributed by atoms with van der Waals surface area (Å²) >= 11 is 0. The molecule has 0 bridgehead atoms. The lowest BCUT2D eigenvalue weighted by molar-refractivity contribution is 0.0995. The van der Waals surface area contributed by atoms with Crippen LogP contribution in [-0.4, -0.2) is 35.1 Å². The second-order valence-corrected chi connectivity index (χ2v) is 5.77. The Morgan fingerprint density at radius 2 is 2.40 bits per heavy atom. The van der Waals surface area contributed by atoms with Crippen LogP contribution in [0.25, 0.3) is 0 Å². The summed E-state index contributed by atoms with van der Waals surface area (Å²) in [5.74, 6) is 0. The van der Waals surface area contributed by atoms with Crippen LogP contribution in [0.15, 0.2) is 12.4 Å². The van der Waals surface area contributed by atoms with E-state index < -0.39 is 0 Å². The monoisotopic (exact) mass is 279 g/mol. The highest BCUT2D eigenvalue weighted by Crippen LogP contribution is 2.19. The Bertz CT molecular complexity index is 372. The van der Waals surface area contributed by atoms with Crippen LogP contribution in [0.2, 0.25) is 0 Å². The number of rotatable bonds is 9. The van der Waals surface area contributed by atoms with Gasteiger partial charge in [-0.1, -0.05) is 6.92 Å². The third-order valence-electron chi connectivity index (χ3n) is 4.04. The minimum atomic E-state index is 0.499. The van der Waals surface area contributed by atoms with Gasteiger partial charge in [-0.2, -0.15) is 5.10 Å². The number of nitrogens with zero attached hydrogens (tertiary/aromatic N) is 2. The second kappa shape index (κ2) is 8.42. The molecule has 1 fully saturated rings. The molecule has 20 heavy (non-hydrogen) atoms. The van der Waals surface area contributed by atoms with Crippen LogP contribution in [0.4, 0.5) is 0 Å². The summed E-state index contributed by atoms with van der Waals surface area (Å²) in [6.45, 7) is 7.35. The quantitative estimate of drug-likeness (QED) is 0.755. The van der Waals surface area contributed by atoms with Crippen molar-refractivity contribution in [2.24, 2.45) is 0 Å². The zero-order valence-corrected chi connectivity index (χ0v) is 13.0. The average molecular weight is 279 g/mol. The number of nitrogens with one attached hydrogen (secondary N) is 1. The van der Waals surface area contributed by atoms with E-state index in [4.69, 9.17) is 4.74 Å². The lowest BCUT2D eigenvalue weighted by Gasteiger charge is -2.19. The van der Waals surface area contributed by atoms with Crippen LogP contribution < -0.4 is 5.32 Å². The third kappa shape index (κ3) is 4.91. The fourth-order valence-electron chi connectivity index (χ4n) is 2.85. The van der Waals surface area contributed by atoms with Crippen molar-refractivity contribution in [1.29, 1.82) is 0 Å². The molecule has 1 aliphatic rings. The Morgan fingerprint density at radius 3 is 3.05 bits per heavy atom. The van der Waals surface area contributed by atoms with E-state index in [1.807, 2.05) is 10.9 Å². The molecular formula is C16H29N3O. The molecule has 0 spiro atoms. The molecule has 0 aromatic carbocycles. The highest BCUT2D eigenvalue weighted by molar-refractivity contribution is 5.06. The fraction of sp³-hybridized carbons (Fsp3) is 0.812. The highest BCUT2D eigenvalue weighted by atomic mass is 16.5. The van der Waals surface area contributed by atoms with Gasteiger partial charge in [0.15, 0.2) is 0 Å². The van der Waals surface area contributed by atoms with Crippen molar-refractivity contribution in [3.63, 3.8) is 0 Å². The van der Waals surface area contributed by atoms with Crippen LogP contribution >= 0.6 is 0 Å². The van der Waals surface area contributed by atoms with Gasteiger partial charge in [-0.3, -0.25) is 4.68 Å². The number of ether oxygens (including phenoxy) is 1. The summed E-state index contributed by atoms with van der Waals surface area (Å²) in [6, 6.07) is 0.550. The molecule has 0 amide bonds. The first-order chi connectivity index (χ1) is 9.81. The molecule has 2 rings (SSSR count). The molecule has 4 nitrogen and oxygen atoms in total. The molecule has 1 aliphatic heterocycles. The second-order valence-electron chi connectivity index (χ2n) is 5.77. The minimum Gasteiger partial charge on any atom is -0.378 e. The van der Waals surface area contributed by atoms with Crippen molar-refractivity contribution >= 4 is 0 Å². The third-order valence-corrected chi connectivity index (χ3v) is 4.04. The maximum atomic E-state index is 5.74. The highest BCUT2D eigenvalue weighted by Gasteiger charge is 2.18. The Labute approximate surface area is 122 Å². The van der Waals surface area contributed by atoms with Gasteiger partial charge in [0.25, 0.3) is 0 Å². The van der Waals surface area contributed by atoms with Gasteiger partial charge in [0.2, 0.25) is 0 Å². The van der Waals surface area contributed by atoms with Crippen LogP contribution in [-0.2, 0) is 17.7 Å². The Kier molecular flexibility index (Phi) is 6.54. The summed E-state index contributed by atoms with van der Waals surface area (Å²) < 4.78 is 7.74. The molecule has 2 unspecified atom stereocenters. The molecule has 4 heteroatoms. The van der Waals surface area contributed by atoms with Crippen molar-refractivity contribution < 1.29 is 4.74 Å². The largest absolute Gasteiger partial charge is 0.378 e. The van der Waals surface area contributed by atoms with Gasteiger partial charge >= 0.3 is 0 Å². The van der Waals surface area contributed by atoms with Gasteiger partial charge < -0.3 is 10.1 Å². The standard InChI is InChI=1S/C16H29N3O/c1-3-9-17-15(7-8-16-6-5-10-20-16)11-14-12-18-19(4-2)13-14/h12-13,15-17H,3-11H2,1-2H3. The number of aryl methyl sites for hydroxylation is 1. The Morgan fingerprint density at radius 1 is 1.50 bits per heavy atom. The predicted octanol–water partition coefficient (Wildman–Crippen LogP) is 2.77. The van der Waals surface area contributed by atoms with Crippen molar-refractivity contribution in [3.8, 4) is 0 Å². The van der Waals surface area contributed by atoms with Crippen molar-refractivity contribution in [2.75, 3.05) is 13.2 Å². The summed E-state index contributed by atoms with van der Waals surface area (Å²) in [5.41, 5.74) is 1.34. The van der Waals surface area contributed by atoms with Crippen LogP contribution in [0.5, 0.6) is 0 Å². The molecule has 2 atom stereocenters. The van der Waals surface area contributed by atoms with E-state index in [0.29, 0.717) is 12.1 Å². The normalized spacial score (nSPS) is 20.4. The molecule has 1 aromatic heterocycles. The number of hydrogen-bond donors (Lipinski definition) is 1. The molecule has 114 valence electrons. The van der Waals surface area contributed by atoms with Crippen LogP contribution in [0.1, 0.15) is 51.5 Å². The van der Waals surface area contributed by atoms with E-state index in [-0.39, 0.29) is 0 Å². The van der Waals surface area contributed by atoms with E-state index >= 15 is 0 Å². The number of aromatic nitrogens is 2. The van der Waals surface area contributed by atoms with Gasteiger partial charge in [-0.25, -0.2) is 0 Å². The lowest BCUT2D eigenvalue weighted by atomic mass is 10.0. The van der Waals surface area contributed by atoms with Gasteiger partial charge in [0.05, 0.1) is 12.3 Å². The van der Waals surface area contributed by atoms with Crippen molar-refractivity contribution in [1.82, 2.24) is 15.1 Å². The molecular weight excluding hydrogens is 250 g/mol. The van der Waals surface area contributed by atoms with Crippen LogP contribution in [0.3, 0.4) is 0 Å². The maximum absolute atomic E-state index is 5.74. The molecule has 0 aliphatic carbocycles. The zero-order valence-electron chi connectivity index (χ0n) is 13.0. The molecule has 0 saturated carbocycles. The predicted molar refractivity (Wildman–Crippen MR) is 81.9 cm³/mol. The van der Waals surface area contributed by atoms with E-state index in [2.05, 4.69) is 30.5 Å². The summed E-state index contributed by atoms with van der Waals surface area (Å²) in [4.78, 5) is 0. The van der Waals surface area contributed by atoms with E-state index in [9.17, 15) is 0 Å². The fourth-order valence-corrected chi connectivity index (χ4v) is 2.85. The molecule has 1 N–H and O–H groups in total. The minimum absolute atomic E-state index is 0.499. The van der Waals surface area contributed by atoms with Crippen molar-refractivity contribution in [2.45, 2.75) is 71.1 Å². The summed E-state index contributed by atoms with van der Waals surface area (Å²) in [6.07, 6.45) is 11.8. The Hall–Kier alpha value is -0.870. The van der Waals surface area contributed by atoms with E-state index in [1.165, 1.54) is 37.7 Å². The van der Waals surface area contributed by atoms with Gasteiger partial charge in [-0.05, 0) is 57.6 Å². The van der Waals surface area contributed by atoms with Gasteiger partial charge in [0.1, 0.15) is 0 Å². The summed E-state index contributed by atoms with van der Waals surface area (Å²) in [7, 11) is 0. The number of hydrogen-bond acceptors (Lipinski definition) is 3. The topological polar surface area (TPSA) is 39.1 Å². The zero-order chi connectivity index (χ0) is 14.2. The first kappa shape index (κ1) is 15.5. The SMILES string of the molecule is CCCNC(CCC1CCCO1)Cc1cnn(CC)c1.